The maximum absolute atomic E-state index is 13.2. The lowest BCUT2D eigenvalue weighted by molar-refractivity contribution is -0.274. The minimum Gasteiger partial charge on any atom is -0.406 e. The summed E-state index contributed by atoms with van der Waals surface area (Å²) in [5.74, 6) is -1.66. The molecule has 2 unspecified atom stereocenters. The molecule has 188 valence electrons. The molecule has 0 radical (unpaired) electrons. The van der Waals surface area contributed by atoms with Crippen LogP contribution in [0.2, 0.25) is 0 Å². The summed E-state index contributed by atoms with van der Waals surface area (Å²) >= 11 is 0. The lowest BCUT2D eigenvalue weighted by Crippen LogP contribution is -2.58. The first-order valence-corrected chi connectivity index (χ1v) is 12.5. The Hall–Kier alpha value is -3.12. The van der Waals surface area contributed by atoms with Crippen molar-refractivity contribution in [2.75, 3.05) is 13.1 Å². The average Bonchev–Trinajstić information content (AvgIpc) is 2.80. The number of sulfonamides is 1. The van der Waals surface area contributed by atoms with Gasteiger partial charge in [-0.15, -0.1) is 13.2 Å². The standard InChI is InChI=1S/C23H24F3N3O5S/c24-23(25,26)34-16-8-10-17(11-9-16)35(32,33)29-13-12-27-22(31)20(29)14-21(30)28-19-7-3-5-15-4-1-2-6-18(15)19/h1-2,4,6,8-11,19-20H,3,5,7,12-14H2,(H,27,31)(H,28,30). The molecule has 1 saturated heterocycles. The number of alkyl halides is 3. The maximum Gasteiger partial charge on any atom is 0.573 e. The van der Waals surface area contributed by atoms with Gasteiger partial charge in [-0.25, -0.2) is 8.42 Å². The third-order valence-electron chi connectivity index (χ3n) is 6.03. The molecule has 0 spiro atoms. The molecule has 12 heteroatoms. The fourth-order valence-electron chi connectivity index (χ4n) is 4.46. The molecule has 2 amide bonds. The van der Waals surface area contributed by atoms with Crippen molar-refractivity contribution < 1.29 is 35.9 Å². The zero-order valence-corrected chi connectivity index (χ0v) is 19.4. The molecule has 1 aliphatic heterocycles. The second kappa shape index (κ2) is 9.86. The van der Waals surface area contributed by atoms with Crippen LogP contribution >= 0.6 is 0 Å². The first-order chi connectivity index (χ1) is 16.5. The number of hydrogen-bond donors (Lipinski definition) is 2. The normalized spacial score (nSPS) is 21.1. The summed E-state index contributed by atoms with van der Waals surface area (Å²) < 4.78 is 68.4. The van der Waals surface area contributed by atoms with Gasteiger partial charge in [-0.1, -0.05) is 24.3 Å². The van der Waals surface area contributed by atoms with Crippen LogP contribution in [0.1, 0.15) is 36.4 Å². The first kappa shape index (κ1) is 25.0. The minimum absolute atomic E-state index is 0.0431. The fourth-order valence-corrected chi connectivity index (χ4v) is 6.05. The molecule has 8 nitrogen and oxygen atoms in total. The van der Waals surface area contributed by atoms with Crippen LogP contribution in [0.4, 0.5) is 13.2 Å². The number of piperazine rings is 1. The van der Waals surface area contributed by atoms with Crippen molar-refractivity contribution in [3.05, 3.63) is 59.7 Å². The van der Waals surface area contributed by atoms with E-state index in [0.29, 0.717) is 0 Å². The van der Waals surface area contributed by atoms with Gasteiger partial charge in [0.25, 0.3) is 0 Å². The third-order valence-corrected chi connectivity index (χ3v) is 7.95. The molecule has 35 heavy (non-hydrogen) atoms. The van der Waals surface area contributed by atoms with Crippen molar-refractivity contribution in [3.63, 3.8) is 0 Å². The summed E-state index contributed by atoms with van der Waals surface area (Å²) in [5, 5.41) is 5.50. The van der Waals surface area contributed by atoms with E-state index < -0.39 is 40.0 Å². The number of ether oxygens (including phenoxy) is 1. The highest BCUT2D eigenvalue weighted by atomic mass is 32.2. The summed E-state index contributed by atoms with van der Waals surface area (Å²) in [7, 11) is -4.28. The highest BCUT2D eigenvalue weighted by Crippen LogP contribution is 2.30. The molecular weight excluding hydrogens is 487 g/mol. The van der Waals surface area contributed by atoms with Gasteiger partial charge in [0, 0.05) is 13.1 Å². The fraction of sp³-hybridized carbons (Fsp3) is 0.391. The van der Waals surface area contributed by atoms with Gasteiger partial charge in [-0.05, 0) is 54.7 Å². The van der Waals surface area contributed by atoms with Gasteiger partial charge in [0.15, 0.2) is 0 Å². The van der Waals surface area contributed by atoms with Crippen LogP contribution in [0.25, 0.3) is 0 Å². The van der Waals surface area contributed by atoms with E-state index in [1.807, 2.05) is 24.3 Å². The Morgan fingerprint density at radius 1 is 1.14 bits per heavy atom. The molecule has 2 atom stereocenters. The number of rotatable bonds is 6. The summed E-state index contributed by atoms with van der Waals surface area (Å²) in [6, 6.07) is 9.94. The second-order valence-electron chi connectivity index (χ2n) is 8.36. The molecule has 2 aromatic rings. The summed E-state index contributed by atoms with van der Waals surface area (Å²) in [4.78, 5) is 25.2. The Balaban J connectivity index is 1.50. The number of hydrogen-bond acceptors (Lipinski definition) is 5. The van der Waals surface area contributed by atoms with E-state index in [-0.39, 0.29) is 30.4 Å². The number of carbonyl (C=O) groups is 2. The molecule has 2 N–H and O–H groups in total. The van der Waals surface area contributed by atoms with Crippen LogP contribution in [0.5, 0.6) is 5.75 Å². The topological polar surface area (TPSA) is 105 Å². The highest BCUT2D eigenvalue weighted by Gasteiger charge is 2.40. The number of benzene rings is 2. The molecule has 4 rings (SSSR count). The third kappa shape index (κ3) is 5.76. The number of nitrogens with zero attached hydrogens (tertiary/aromatic N) is 1. The van der Waals surface area contributed by atoms with E-state index in [4.69, 9.17) is 0 Å². The number of nitrogens with one attached hydrogen (secondary N) is 2. The van der Waals surface area contributed by atoms with Crippen LogP contribution in [0.15, 0.2) is 53.4 Å². The van der Waals surface area contributed by atoms with Crippen LogP contribution in [-0.4, -0.2) is 50.0 Å². The van der Waals surface area contributed by atoms with Crippen LogP contribution in [0, 0.1) is 0 Å². The summed E-state index contributed by atoms with van der Waals surface area (Å²) in [6.07, 6.45) is -2.78. The lowest BCUT2D eigenvalue weighted by atomic mass is 9.87. The quantitative estimate of drug-likeness (QED) is 0.621. The van der Waals surface area contributed by atoms with Gasteiger partial charge in [-0.3, -0.25) is 9.59 Å². The Labute approximate surface area is 200 Å². The van der Waals surface area contributed by atoms with Gasteiger partial charge in [0.1, 0.15) is 11.8 Å². The summed E-state index contributed by atoms with van der Waals surface area (Å²) in [6.45, 7) is -0.0411. The summed E-state index contributed by atoms with van der Waals surface area (Å²) in [5.41, 5.74) is 2.15. The number of carbonyl (C=O) groups excluding carboxylic acids is 2. The predicted octanol–water partition coefficient (Wildman–Crippen LogP) is 2.66. The van der Waals surface area contributed by atoms with E-state index in [9.17, 15) is 31.2 Å². The second-order valence-corrected chi connectivity index (χ2v) is 10.2. The van der Waals surface area contributed by atoms with Crippen molar-refractivity contribution in [1.29, 1.82) is 0 Å². The molecule has 2 aliphatic rings. The first-order valence-electron chi connectivity index (χ1n) is 11.1. The van der Waals surface area contributed by atoms with Gasteiger partial charge in [-0.2, -0.15) is 4.31 Å². The van der Waals surface area contributed by atoms with Crippen molar-refractivity contribution in [3.8, 4) is 5.75 Å². The van der Waals surface area contributed by atoms with Crippen LogP contribution < -0.4 is 15.4 Å². The van der Waals surface area contributed by atoms with Gasteiger partial charge < -0.3 is 15.4 Å². The number of fused-ring (bicyclic) bond motifs is 1. The van der Waals surface area contributed by atoms with Gasteiger partial charge >= 0.3 is 6.36 Å². The molecule has 1 fully saturated rings. The van der Waals surface area contributed by atoms with E-state index in [2.05, 4.69) is 15.4 Å². The van der Waals surface area contributed by atoms with Gasteiger partial charge in [0.05, 0.1) is 17.4 Å². The predicted molar refractivity (Wildman–Crippen MR) is 119 cm³/mol. The number of halogens is 3. The van der Waals surface area contributed by atoms with E-state index in [1.165, 1.54) is 0 Å². The zero-order valence-electron chi connectivity index (χ0n) is 18.5. The van der Waals surface area contributed by atoms with Crippen molar-refractivity contribution >= 4 is 21.8 Å². The van der Waals surface area contributed by atoms with Crippen LogP contribution in [-0.2, 0) is 26.0 Å². The highest BCUT2D eigenvalue weighted by molar-refractivity contribution is 7.89. The Kier molecular flexibility index (Phi) is 7.04. The largest absolute Gasteiger partial charge is 0.573 e. The number of amides is 2. The average molecular weight is 512 g/mol. The minimum atomic E-state index is -4.91. The van der Waals surface area contributed by atoms with Crippen LogP contribution in [0.3, 0.4) is 0 Å². The van der Waals surface area contributed by atoms with E-state index in [1.54, 1.807) is 0 Å². The Bertz CT molecular complexity index is 1200. The van der Waals surface area contributed by atoms with Gasteiger partial charge in [0.2, 0.25) is 21.8 Å². The molecular formula is C23H24F3N3O5S. The zero-order chi connectivity index (χ0) is 25.2. The molecule has 2 aromatic carbocycles. The maximum atomic E-state index is 13.2. The molecule has 1 heterocycles. The lowest BCUT2D eigenvalue weighted by Gasteiger charge is -2.34. The molecule has 0 aromatic heterocycles. The Morgan fingerprint density at radius 3 is 2.57 bits per heavy atom. The van der Waals surface area contributed by atoms with E-state index in [0.717, 1.165) is 59.0 Å². The molecule has 0 saturated carbocycles. The molecule has 1 aliphatic carbocycles. The monoisotopic (exact) mass is 511 g/mol. The SMILES string of the molecule is O=C(CC1C(=O)NCCN1S(=O)(=O)c1ccc(OC(F)(F)F)cc1)NC1CCCc2ccccc21. The van der Waals surface area contributed by atoms with Crippen molar-refractivity contribution in [1.82, 2.24) is 14.9 Å². The number of aryl methyl sites for hydroxylation is 1. The van der Waals surface area contributed by atoms with Crippen molar-refractivity contribution in [2.24, 2.45) is 0 Å². The van der Waals surface area contributed by atoms with E-state index >= 15 is 0 Å². The Morgan fingerprint density at radius 2 is 1.86 bits per heavy atom. The molecule has 0 bridgehead atoms. The van der Waals surface area contributed by atoms with Crippen molar-refractivity contribution in [2.45, 2.75) is 49.0 Å². The smallest absolute Gasteiger partial charge is 0.406 e.